The van der Waals surface area contributed by atoms with E-state index in [2.05, 4.69) is 38.8 Å². The second-order valence-corrected chi connectivity index (χ2v) is 3.83. The third-order valence-corrected chi connectivity index (χ3v) is 1.72. The first kappa shape index (κ1) is 14.5. The summed E-state index contributed by atoms with van der Waals surface area (Å²) in [5.74, 6) is 0. The lowest BCUT2D eigenvalue weighted by atomic mass is 10.1. The average Bonchev–Trinajstić information content (AvgIpc) is 2.28. The number of benzene rings is 1. The van der Waals surface area contributed by atoms with Gasteiger partial charge in [-0.15, -0.1) is 0 Å². The number of allylic oxidation sites excluding steroid dienone is 2. The van der Waals surface area contributed by atoms with Gasteiger partial charge in [0.1, 0.15) is 0 Å². The van der Waals surface area contributed by atoms with E-state index in [-0.39, 0.29) is 0 Å². The fourth-order valence-corrected chi connectivity index (χ4v) is 1.15. The summed E-state index contributed by atoms with van der Waals surface area (Å²) in [4.78, 5) is 2.02. The highest BCUT2D eigenvalue weighted by atomic mass is 15.0. The first-order chi connectivity index (χ1) is 7.65. The van der Waals surface area contributed by atoms with Crippen LogP contribution in [0.2, 0.25) is 0 Å². The van der Waals surface area contributed by atoms with Crippen molar-refractivity contribution < 1.29 is 0 Å². The molecule has 1 nitrogen and oxygen atoms in total. The van der Waals surface area contributed by atoms with Crippen LogP contribution in [0.5, 0.6) is 0 Å². The van der Waals surface area contributed by atoms with Gasteiger partial charge in [-0.2, -0.15) is 0 Å². The number of rotatable bonds is 3. The van der Waals surface area contributed by atoms with Crippen molar-refractivity contribution in [1.29, 1.82) is 0 Å². The van der Waals surface area contributed by atoms with Gasteiger partial charge in [0, 0.05) is 20.3 Å². The van der Waals surface area contributed by atoms with Gasteiger partial charge in [-0.1, -0.05) is 63.3 Å². The van der Waals surface area contributed by atoms with Gasteiger partial charge in [-0.3, -0.25) is 0 Å². The molecule has 0 bridgehead atoms. The second-order valence-electron chi connectivity index (χ2n) is 3.83. The van der Waals surface area contributed by atoms with Crippen molar-refractivity contribution in [2.45, 2.75) is 20.3 Å². The van der Waals surface area contributed by atoms with Gasteiger partial charge in [0.2, 0.25) is 0 Å². The lowest BCUT2D eigenvalue weighted by Crippen LogP contribution is -2.01. The number of hydrogen-bond acceptors (Lipinski definition) is 1. The van der Waals surface area contributed by atoms with Gasteiger partial charge < -0.3 is 4.90 Å². The minimum atomic E-state index is 1.14. The zero-order chi connectivity index (χ0) is 12.4. The van der Waals surface area contributed by atoms with Crippen molar-refractivity contribution in [3.63, 3.8) is 0 Å². The van der Waals surface area contributed by atoms with E-state index >= 15 is 0 Å². The molecule has 16 heavy (non-hydrogen) atoms. The Kier molecular flexibility index (Phi) is 7.96. The van der Waals surface area contributed by atoms with Crippen LogP contribution in [0.1, 0.15) is 25.8 Å². The molecule has 0 radical (unpaired) electrons. The van der Waals surface area contributed by atoms with E-state index < -0.39 is 0 Å². The average molecular weight is 217 g/mol. The lowest BCUT2D eigenvalue weighted by molar-refractivity contribution is 0.566. The molecule has 0 aromatic heterocycles. The first-order valence-electron chi connectivity index (χ1n) is 5.71. The largest absolute Gasteiger partial charge is 0.383 e. The van der Waals surface area contributed by atoms with Crippen LogP contribution in [0.4, 0.5) is 0 Å². The predicted molar refractivity (Wildman–Crippen MR) is 74.3 cm³/mol. The van der Waals surface area contributed by atoms with Crippen molar-refractivity contribution in [2.24, 2.45) is 0 Å². The van der Waals surface area contributed by atoms with Crippen LogP contribution in [-0.4, -0.2) is 19.0 Å². The molecule has 0 aliphatic heterocycles. The highest BCUT2D eigenvalue weighted by Crippen LogP contribution is 2.14. The summed E-state index contributed by atoms with van der Waals surface area (Å²) in [6.07, 6.45) is 5.18. The van der Waals surface area contributed by atoms with Crippen LogP contribution in [0, 0.1) is 0 Å². The molecular weight excluding hydrogens is 194 g/mol. The highest BCUT2D eigenvalue weighted by Gasteiger charge is 1.95. The van der Waals surface area contributed by atoms with Crippen LogP contribution in [-0.2, 0) is 0 Å². The zero-order valence-electron chi connectivity index (χ0n) is 10.9. The van der Waals surface area contributed by atoms with Gasteiger partial charge in [0.15, 0.2) is 0 Å². The van der Waals surface area contributed by atoms with Crippen LogP contribution < -0.4 is 0 Å². The van der Waals surface area contributed by atoms with Crippen LogP contribution in [0.15, 0.2) is 49.2 Å². The SMILES string of the molecule is C=C/C(=C\N(C)C)c1ccccc1.CCC. The van der Waals surface area contributed by atoms with E-state index in [9.17, 15) is 0 Å². The smallest absolute Gasteiger partial charge is 0.00645 e. The Labute approximate surface area is 100 Å². The molecule has 0 saturated carbocycles. The van der Waals surface area contributed by atoms with Crippen molar-refractivity contribution in [3.8, 4) is 0 Å². The molecule has 1 heteroatoms. The van der Waals surface area contributed by atoms with Crippen molar-refractivity contribution in [2.75, 3.05) is 14.1 Å². The summed E-state index contributed by atoms with van der Waals surface area (Å²) in [5, 5.41) is 0. The van der Waals surface area contributed by atoms with Crippen LogP contribution in [0.3, 0.4) is 0 Å². The number of hydrogen-bond donors (Lipinski definition) is 0. The summed E-state index contributed by atoms with van der Waals surface area (Å²) in [6.45, 7) is 8.05. The Hall–Kier alpha value is -1.50. The van der Waals surface area contributed by atoms with Gasteiger partial charge in [-0.25, -0.2) is 0 Å². The Balaban J connectivity index is 0.000000673. The topological polar surface area (TPSA) is 3.24 Å². The predicted octanol–water partition coefficient (Wildman–Crippen LogP) is 4.19. The van der Waals surface area contributed by atoms with Crippen LogP contribution in [0.25, 0.3) is 5.57 Å². The van der Waals surface area contributed by atoms with Gasteiger partial charge in [-0.05, 0) is 11.1 Å². The molecule has 0 aliphatic rings. The Bertz CT molecular complexity index is 309. The summed E-state index contributed by atoms with van der Waals surface area (Å²) in [5.41, 5.74) is 2.34. The van der Waals surface area contributed by atoms with E-state index in [1.54, 1.807) is 0 Å². The molecule has 1 aromatic carbocycles. The van der Waals surface area contributed by atoms with E-state index in [4.69, 9.17) is 0 Å². The summed E-state index contributed by atoms with van der Waals surface area (Å²) in [6, 6.07) is 10.2. The standard InChI is InChI=1S/C12H15N.C3H8/c1-4-11(10-13(2)3)12-8-6-5-7-9-12;1-3-2/h4-10H,1H2,2-3H3;3H2,1-2H3/b11-10+;. The molecule has 88 valence electrons. The van der Waals surface area contributed by atoms with E-state index in [0.29, 0.717) is 0 Å². The zero-order valence-corrected chi connectivity index (χ0v) is 10.9. The quantitative estimate of drug-likeness (QED) is 0.686. The highest BCUT2D eigenvalue weighted by molar-refractivity contribution is 5.72. The minimum Gasteiger partial charge on any atom is -0.383 e. The van der Waals surface area contributed by atoms with Crippen molar-refractivity contribution in [1.82, 2.24) is 4.90 Å². The fourth-order valence-electron chi connectivity index (χ4n) is 1.15. The Morgan fingerprint density at radius 1 is 1.19 bits per heavy atom. The minimum absolute atomic E-state index is 1.14. The maximum absolute atomic E-state index is 3.80. The molecule has 0 fully saturated rings. The van der Waals surface area contributed by atoms with E-state index in [1.807, 2.05) is 43.3 Å². The molecule has 0 atom stereocenters. The maximum Gasteiger partial charge on any atom is 0.00645 e. The third-order valence-electron chi connectivity index (χ3n) is 1.72. The molecule has 0 N–H and O–H groups in total. The Morgan fingerprint density at radius 3 is 2.06 bits per heavy atom. The fraction of sp³-hybridized carbons (Fsp3) is 0.333. The van der Waals surface area contributed by atoms with Gasteiger partial charge in [0.05, 0.1) is 0 Å². The van der Waals surface area contributed by atoms with E-state index in [0.717, 1.165) is 5.57 Å². The molecule has 0 saturated heterocycles. The van der Waals surface area contributed by atoms with Crippen LogP contribution >= 0.6 is 0 Å². The second kappa shape index (κ2) is 8.78. The molecule has 0 unspecified atom stereocenters. The molecule has 0 amide bonds. The molecule has 0 aliphatic carbocycles. The molecule has 1 aromatic rings. The lowest BCUT2D eigenvalue weighted by Gasteiger charge is -2.08. The first-order valence-corrected chi connectivity index (χ1v) is 5.71. The summed E-state index contributed by atoms with van der Waals surface area (Å²) >= 11 is 0. The number of nitrogens with zero attached hydrogens (tertiary/aromatic N) is 1. The molecule has 1 rings (SSSR count). The molecular formula is C15H23N. The maximum atomic E-state index is 3.80. The van der Waals surface area contributed by atoms with Gasteiger partial charge in [0.25, 0.3) is 0 Å². The summed E-state index contributed by atoms with van der Waals surface area (Å²) < 4.78 is 0. The van der Waals surface area contributed by atoms with Gasteiger partial charge >= 0.3 is 0 Å². The van der Waals surface area contributed by atoms with E-state index in [1.165, 1.54) is 12.0 Å². The monoisotopic (exact) mass is 217 g/mol. The normalized spacial score (nSPS) is 10.1. The third kappa shape index (κ3) is 6.07. The van der Waals surface area contributed by atoms with Crippen molar-refractivity contribution >= 4 is 5.57 Å². The molecule has 0 spiro atoms. The Morgan fingerprint density at radius 2 is 1.69 bits per heavy atom. The van der Waals surface area contributed by atoms with Crippen molar-refractivity contribution in [3.05, 3.63) is 54.8 Å². The molecule has 0 heterocycles. The summed E-state index contributed by atoms with van der Waals surface area (Å²) in [7, 11) is 4.01.